The van der Waals surface area contributed by atoms with Gasteiger partial charge in [-0.15, -0.1) is 0 Å². The molecule has 0 radical (unpaired) electrons. The van der Waals surface area contributed by atoms with Crippen LogP contribution in [0.1, 0.15) is 37.7 Å². The van der Waals surface area contributed by atoms with Crippen LogP contribution >= 0.6 is 0 Å². The summed E-state index contributed by atoms with van der Waals surface area (Å²) in [5.74, 6) is -0.343. The lowest BCUT2D eigenvalue weighted by atomic mass is 9.49. The smallest absolute Gasteiger partial charge is 0.182 e. The fraction of sp³-hybridized carbons (Fsp3) is 0.400. The SMILES string of the molecule is N#CC1(C#N)CC(c2ccccc2)=C2CCCCC2C1(C#N)C#N. The standard InChI is InChI=1S/C20H16N4/c21-11-19(12-22)10-17(15-6-2-1-3-7-15)16-8-4-5-9-18(16)20(19,13-23)14-24/h1-3,6-7,18H,4-5,8-10H2. The van der Waals surface area contributed by atoms with Crippen molar-refractivity contribution in [3.05, 3.63) is 41.5 Å². The summed E-state index contributed by atoms with van der Waals surface area (Å²) in [6.07, 6.45) is 3.57. The van der Waals surface area contributed by atoms with E-state index in [-0.39, 0.29) is 12.3 Å². The van der Waals surface area contributed by atoms with Gasteiger partial charge in [0.15, 0.2) is 10.8 Å². The number of benzene rings is 1. The Morgan fingerprint density at radius 2 is 1.54 bits per heavy atom. The molecule has 1 aromatic rings. The van der Waals surface area contributed by atoms with E-state index in [1.54, 1.807) is 0 Å². The summed E-state index contributed by atoms with van der Waals surface area (Å²) in [4.78, 5) is 0. The van der Waals surface area contributed by atoms with Crippen LogP contribution in [0.25, 0.3) is 5.57 Å². The second-order valence-electron chi connectivity index (χ2n) is 6.51. The summed E-state index contributed by atoms with van der Waals surface area (Å²) in [6, 6.07) is 18.0. The number of rotatable bonds is 1. The van der Waals surface area contributed by atoms with Gasteiger partial charge in [0, 0.05) is 12.3 Å². The Balaban J connectivity index is 2.31. The zero-order valence-corrected chi connectivity index (χ0v) is 13.3. The van der Waals surface area contributed by atoms with Crippen molar-refractivity contribution >= 4 is 5.57 Å². The summed E-state index contributed by atoms with van der Waals surface area (Å²) in [7, 11) is 0. The zero-order valence-electron chi connectivity index (χ0n) is 13.3. The Morgan fingerprint density at radius 1 is 0.875 bits per heavy atom. The number of hydrogen-bond donors (Lipinski definition) is 0. The third-order valence-electron chi connectivity index (χ3n) is 5.49. The summed E-state index contributed by atoms with van der Waals surface area (Å²) in [5, 5.41) is 39.3. The van der Waals surface area contributed by atoms with Crippen molar-refractivity contribution in [2.45, 2.75) is 32.1 Å². The van der Waals surface area contributed by atoms with E-state index in [9.17, 15) is 21.0 Å². The third kappa shape index (κ3) is 1.94. The van der Waals surface area contributed by atoms with Gasteiger partial charge in [0.2, 0.25) is 0 Å². The molecule has 1 unspecified atom stereocenters. The molecule has 0 saturated heterocycles. The fourth-order valence-corrected chi connectivity index (χ4v) is 4.25. The Labute approximate surface area is 141 Å². The van der Waals surface area contributed by atoms with E-state index in [4.69, 9.17) is 0 Å². The molecule has 4 nitrogen and oxygen atoms in total. The summed E-state index contributed by atoms with van der Waals surface area (Å²) >= 11 is 0. The molecule has 1 atom stereocenters. The molecule has 1 fully saturated rings. The van der Waals surface area contributed by atoms with E-state index in [0.29, 0.717) is 6.42 Å². The number of fused-ring (bicyclic) bond motifs is 1. The average Bonchev–Trinajstić information content (AvgIpc) is 2.67. The van der Waals surface area contributed by atoms with Gasteiger partial charge in [0.05, 0.1) is 24.3 Å². The highest BCUT2D eigenvalue weighted by Crippen LogP contribution is 2.60. The van der Waals surface area contributed by atoms with E-state index in [2.05, 4.69) is 24.3 Å². The van der Waals surface area contributed by atoms with Crippen LogP contribution in [-0.4, -0.2) is 0 Å². The molecule has 2 aliphatic rings. The predicted octanol–water partition coefficient (Wildman–Crippen LogP) is 4.10. The summed E-state index contributed by atoms with van der Waals surface area (Å²) in [6.45, 7) is 0. The first-order valence-electron chi connectivity index (χ1n) is 8.10. The van der Waals surface area contributed by atoms with Gasteiger partial charge in [-0.2, -0.15) is 21.0 Å². The molecule has 0 N–H and O–H groups in total. The highest BCUT2D eigenvalue weighted by molar-refractivity contribution is 5.74. The van der Waals surface area contributed by atoms with Gasteiger partial charge < -0.3 is 0 Å². The molecule has 1 saturated carbocycles. The number of allylic oxidation sites excluding steroid dienone is 2. The largest absolute Gasteiger partial charge is 0.196 e. The zero-order chi connectivity index (χ0) is 17.2. The molecule has 0 heterocycles. The molecule has 0 aromatic heterocycles. The molecule has 0 bridgehead atoms. The van der Waals surface area contributed by atoms with Crippen LogP contribution in [0.3, 0.4) is 0 Å². The summed E-state index contributed by atoms with van der Waals surface area (Å²) < 4.78 is 0. The lowest BCUT2D eigenvalue weighted by Crippen LogP contribution is -2.48. The molecule has 116 valence electrons. The van der Waals surface area contributed by atoms with Gasteiger partial charge in [-0.25, -0.2) is 0 Å². The van der Waals surface area contributed by atoms with E-state index in [1.165, 1.54) is 0 Å². The normalized spacial score (nSPS) is 23.8. The van der Waals surface area contributed by atoms with E-state index in [1.807, 2.05) is 30.3 Å². The Bertz CT molecular complexity index is 824. The molecule has 3 rings (SSSR count). The minimum Gasteiger partial charge on any atom is -0.196 e. The highest BCUT2D eigenvalue weighted by Gasteiger charge is 2.63. The van der Waals surface area contributed by atoms with E-state index < -0.39 is 10.8 Å². The monoisotopic (exact) mass is 312 g/mol. The van der Waals surface area contributed by atoms with Crippen molar-refractivity contribution in [2.75, 3.05) is 0 Å². The molecule has 0 amide bonds. The molecule has 2 aliphatic carbocycles. The fourth-order valence-electron chi connectivity index (χ4n) is 4.25. The maximum atomic E-state index is 9.84. The molecule has 0 aliphatic heterocycles. The van der Waals surface area contributed by atoms with Gasteiger partial charge >= 0.3 is 0 Å². The van der Waals surface area contributed by atoms with Crippen LogP contribution in [0.5, 0.6) is 0 Å². The topological polar surface area (TPSA) is 95.2 Å². The minimum absolute atomic E-state index is 0.136. The molecule has 4 heteroatoms. The number of hydrogen-bond acceptors (Lipinski definition) is 4. The maximum Gasteiger partial charge on any atom is 0.182 e. The van der Waals surface area contributed by atoms with Gasteiger partial charge in [-0.1, -0.05) is 42.3 Å². The van der Waals surface area contributed by atoms with Gasteiger partial charge in [0.25, 0.3) is 0 Å². The third-order valence-corrected chi connectivity index (χ3v) is 5.49. The van der Waals surface area contributed by atoms with E-state index >= 15 is 0 Å². The van der Waals surface area contributed by atoms with Gasteiger partial charge in [0.1, 0.15) is 0 Å². The second-order valence-corrected chi connectivity index (χ2v) is 6.51. The molecular weight excluding hydrogens is 296 g/mol. The molecule has 0 spiro atoms. The van der Waals surface area contributed by atoms with Crippen LogP contribution in [-0.2, 0) is 0 Å². The number of nitriles is 4. The summed E-state index contributed by atoms with van der Waals surface area (Å²) in [5.41, 5.74) is -0.169. The Hall–Kier alpha value is -3.08. The first kappa shape index (κ1) is 15.8. The second kappa shape index (κ2) is 5.85. The minimum atomic E-state index is -1.63. The quantitative estimate of drug-likeness (QED) is 0.779. The van der Waals surface area contributed by atoms with Crippen molar-refractivity contribution in [1.82, 2.24) is 0 Å². The van der Waals surface area contributed by atoms with E-state index in [0.717, 1.165) is 36.0 Å². The lowest BCUT2D eigenvalue weighted by Gasteiger charge is -2.46. The molecule has 24 heavy (non-hydrogen) atoms. The maximum absolute atomic E-state index is 9.84. The first-order valence-corrected chi connectivity index (χ1v) is 8.10. The predicted molar refractivity (Wildman–Crippen MR) is 87.3 cm³/mol. The lowest BCUT2D eigenvalue weighted by molar-refractivity contribution is 0.178. The van der Waals surface area contributed by atoms with Crippen molar-refractivity contribution in [3.8, 4) is 24.3 Å². The van der Waals surface area contributed by atoms with Crippen molar-refractivity contribution in [3.63, 3.8) is 0 Å². The Kier molecular flexibility index (Phi) is 3.85. The Morgan fingerprint density at radius 3 is 2.12 bits per heavy atom. The van der Waals surface area contributed by atoms with Crippen molar-refractivity contribution in [1.29, 1.82) is 21.0 Å². The number of nitrogens with zero attached hydrogens (tertiary/aromatic N) is 4. The average molecular weight is 312 g/mol. The van der Waals surface area contributed by atoms with Gasteiger partial charge in [-0.3, -0.25) is 0 Å². The highest BCUT2D eigenvalue weighted by atomic mass is 14.6. The molecular formula is C20H16N4. The first-order chi connectivity index (χ1) is 11.7. The van der Waals surface area contributed by atoms with Crippen LogP contribution in [0.4, 0.5) is 0 Å². The van der Waals surface area contributed by atoms with Crippen LogP contribution in [0.2, 0.25) is 0 Å². The van der Waals surface area contributed by atoms with Crippen LogP contribution < -0.4 is 0 Å². The molecule has 1 aromatic carbocycles. The van der Waals surface area contributed by atoms with Gasteiger partial charge in [-0.05, 0) is 30.4 Å². The van der Waals surface area contributed by atoms with Crippen molar-refractivity contribution < 1.29 is 0 Å². The van der Waals surface area contributed by atoms with Crippen molar-refractivity contribution in [2.24, 2.45) is 16.7 Å². The van der Waals surface area contributed by atoms with Crippen LogP contribution in [0.15, 0.2) is 35.9 Å². The van der Waals surface area contributed by atoms with Crippen LogP contribution in [0, 0.1) is 62.1 Å².